The van der Waals surface area contributed by atoms with Gasteiger partial charge in [0.05, 0.1) is 23.5 Å². The number of thiophene rings is 1. The Labute approximate surface area is 126 Å². The maximum absolute atomic E-state index is 12.4. The molecular formula is C13H15N3O3S2. The molecule has 2 aromatic rings. The standard InChI is InChI=1S/C13H15N3O3S2/c17-13(10-8-14-9-15-10)16-4-3-12(11-2-1-6-20-11)21(18,19)7-5-16/h1-2,6,8-9,12H,3-5,7H2,(H,14,15). The monoisotopic (exact) mass is 325 g/mol. The number of H-pyrrole nitrogens is 1. The average Bonchev–Trinajstić information content (AvgIpc) is 3.12. The molecule has 1 N–H and O–H groups in total. The van der Waals surface area contributed by atoms with Crippen LogP contribution in [0.4, 0.5) is 0 Å². The lowest BCUT2D eigenvalue weighted by Gasteiger charge is -2.18. The van der Waals surface area contributed by atoms with Gasteiger partial charge in [-0.05, 0) is 17.9 Å². The van der Waals surface area contributed by atoms with Crippen LogP contribution in [-0.4, -0.2) is 48.0 Å². The van der Waals surface area contributed by atoms with Crippen molar-refractivity contribution < 1.29 is 13.2 Å². The van der Waals surface area contributed by atoms with Crippen molar-refractivity contribution in [2.45, 2.75) is 11.7 Å². The number of hydrogen-bond donors (Lipinski definition) is 1. The Kier molecular flexibility index (Phi) is 3.81. The van der Waals surface area contributed by atoms with Crippen molar-refractivity contribution in [1.29, 1.82) is 0 Å². The van der Waals surface area contributed by atoms with Crippen molar-refractivity contribution in [2.24, 2.45) is 0 Å². The first-order valence-corrected chi connectivity index (χ1v) is 9.20. The molecule has 1 aliphatic heterocycles. The summed E-state index contributed by atoms with van der Waals surface area (Å²) in [6, 6.07) is 3.70. The van der Waals surface area contributed by atoms with Crippen molar-refractivity contribution in [3.05, 3.63) is 40.6 Å². The second-order valence-electron chi connectivity index (χ2n) is 4.92. The zero-order valence-electron chi connectivity index (χ0n) is 11.2. The number of imidazole rings is 1. The smallest absolute Gasteiger partial charge is 0.271 e. The molecule has 0 bridgehead atoms. The van der Waals surface area contributed by atoms with Crippen molar-refractivity contribution >= 4 is 27.1 Å². The van der Waals surface area contributed by atoms with Crippen LogP contribution in [0, 0.1) is 0 Å². The van der Waals surface area contributed by atoms with Crippen molar-refractivity contribution in [1.82, 2.24) is 14.9 Å². The van der Waals surface area contributed by atoms with Crippen molar-refractivity contribution in [2.75, 3.05) is 18.8 Å². The molecule has 1 aliphatic rings. The minimum atomic E-state index is -3.23. The molecule has 0 radical (unpaired) electrons. The summed E-state index contributed by atoms with van der Waals surface area (Å²) >= 11 is 1.45. The van der Waals surface area contributed by atoms with E-state index in [0.717, 1.165) is 4.88 Å². The summed E-state index contributed by atoms with van der Waals surface area (Å²) in [7, 11) is -3.23. The maximum Gasteiger partial charge on any atom is 0.271 e. The number of sulfone groups is 1. The Bertz CT molecular complexity index is 708. The summed E-state index contributed by atoms with van der Waals surface area (Å²) in [5.41, 5.74) is 0.391. The lowest BCUT2D eigenvalue weighted by atomic mass is 10.2. The van der Waals surface area contributed by atoms with Gasteiger partial charge in [0.15, 0.2) is 9.84 Å². The molecule has 2 aromatic heterocycles. The molecular weight excluding hydrogens is 310 g/mol. The molecule has 1 saturated heterocycles. The van der Waals surface area contributed by atoms with Crippen LogP contribution in [0.5, 0.6) is 0 Å². The van der Waals surface area contributed by atoms with Gasteiger partial charge in [-0.3, -0.25) is 4.79 Å². The quantitative estimate of drug-likeness (QED) is 0.906. The van der Waals surface area contributed by atoms with E-state index in [-0.39, 0.29) is 18.2 Å². The number of carbonyl (C=O) groups is 1. The number of aromatic amines is 1. The number of hydrogen-bond acceptors (Lipinski definition) is 5. The number of rotatable bonds is 2. The summed E-state index contributed by atoms with van der Waals surface area (Å²) in [6.07, 6.45) is 3.33. The number of amides is 1. The minimum Gasteiger partial charge on any atom is -0.341 e. The van der Waals surface area contributed by atoms with Gasteiger partial charge in [-0.1, -0.05) is 6.07 Å². The van der Waals surface area contributed by atoms with Crippen LogP contribution >= 0.6 is 11.3 Å². The zero-order valence-corrected chi connectivity index (χ0v) is 12.9. The highest BCUT2D eigenvalue weighted by Crippen LogP contribution is 2.32. The van der Waals surface area contributed by atoms with Gasteiger partial charge in [0.1, 0.15) is 5.69 Å². The highest BCUT2D eigenvalue weighted by molar-refractivity contribution is 7.91. The van der Waals surface area contributed by atoms with E-state index >= 15 is 0 Å². The number of nitrogens with zero attached hydrogens (tertiary/aromatic N) is 2. The maximum atomic E-state index is 12.4. The van der Waals surface area contributed by atoms with E-state index in [4.69, 9.17) is 0 Å². The fourth-order valence-corrected chi connectivity index (χ4v) is 5.49. The second-order valence-corrected chi connectivity index (χ2v) is 8.20. The molecule has 0 saturated carbocycles. The largest absolute Gasteiger partial charge is 0.341 e. The van der Waals surface area contributed by atoms with Gasteiger partial charge >= 0.3 is 0 Å². The third-order valence-electron chi connectivity index (χ3n) is 3.62. The molecule has 1 amide bonds. The minimum absolute atomic E-state index is 0.00452. The predicted octanol–water partition coefficient (Wildman–Crippen LogP) is 1.47. The van der Waals surface area contributed by atoms with Crippen molar-refractivity contribution in [3.63, 3.8) is 0 Å². The highest BCUT2D eigenvalue weighted by atomic mass is 32.2. The molecule has 3 rings (SSSR count). The molecule has 0 aliphatic carbocycles. The van der Waals surface area contributed by atoms with Crippen LogP contribution in [0.1, 0.15) is 27.0 Å². The van der Waals surface area contributed by atoms with E-state index in [1.54, 1.807) is 4.90 Å². The van der Waals surface area contributed by atoms with Crippen LogP contribution in [0.2, 0.25) is 0 Å². The van der Waals surface area contributed by atoms with E-state index in [9.17, 15) is 13.2 Å². The first kappa shape index (κ1) is 14.3. The van der Waals surface area contributed by atoms with Crippen LogP contribution in [-0.2, 0) is 9.84 Å². The third kappa shape index (κ3) is 2.86. The van der Waals surface area contributed by atoms with E-state index in [1.165, 1.54) is 23.9 Å². The van der Waals surface area contributed by atoms with E-state index < -0.39 is 15.1 Å². The van der Waals surface area contributed by atoms with Gasteiger partial charge in [-0.15, -0.1) is 11.3 Å². The van der Waals surface area contributed by atoms with E-state index in [2.05, 4.69) is 9.97 Å². The molecule has 1 fully saturated rings. The van der Waals surface area contributed by atoms with Crippen LogP contribution in [0.15, 0.2) is 30.0 Å². The first-order chi connectivity index (χ1) is 10.1. The molecule has 0 aromatic carbocycles. The zero-order chi connectivity index (χ0) is 14.9. The summed E-state index contributed by atoms with van der Waals surface area (Å²) < 4.78 is 24.8. The normalized spacial score (nSPS) is 21.9. The van der Waals surface area contributed by atoms with Gasteiger partial charge in [-0.25, -0.2) is 13.4 Å². The predicted molar refractivity (Wildman–Crippen MR) is 80.0 cm³/mol. The van der Waals surface area contributed by atoms with Gasteiger partial charge in [0, 0.05) is 18.0 Å². The fourth-order valence-electron chi connectivity index (χ4n) is 2.48. The molecule has 112 valence electrons. The summed E-state index contributed by atoms with van der Waals surface area (Å²) in [4.78, 5) is 21.3. The lowest BCUT2D eigenvalue weighted by Crippen LogP contribution is -2.33. The molecule has 21 heavy (non-hydrogen) atoms. The van der Waals surface area contributed by atoms with E-state index in [0.29, 0.717) is 18.7 Å². The highest BCUT2D eigenvalue weighted by Gasteiger charge is 2.33. The summed E-state index contributed by atoms with van der Waals surface area (Å²) in [6.45, 7) is 0.654. The molecule has 1 unspecified atom stereocenters. The average molecular weight is 325 g/mol. The Morgan fingerprint density at radius 2 is 2.29 bits per heavy atom. The van der Waals surface area contributed by atoms with Crippen LogP contribution < -0.4 is 0 Å². The molecule has 8 heteroatoms. The summed E-state index contributed by atoms with van der Waals surface area (Å²) in [5, 5.41) is 1.38. The van der Waals surface area contributed by atoms with Gasteiger partial charge in [0.2, 0.25) is 0 Å². The SMILES string of the molecule is O=C(c1cnc[nH]1)N1CCC(c2cccs2)S(=O)(=O)CC1. The number of carbonyl (C=O) groups excluding carboxylic acids is 1. The topological polar surface area (TPSA) is 83.1 Å². The van der Waals surface area contributed by atoms with Crippen LogP contribution in [0.3, 0.4) is 0 Å². The Morgan fingerprint density at radius 3 is 2.95 bits per heavy atom. The Hall–Kier alpha value is -1.67. The number of aromatic nitrogens is 2. The van der Waals surface area contributed by atoms with Crippen LogP contribution in [0.25, 0.3) is 0 Å². The fraction of sp³-hybridized carbons (Fsp3) is 0.385. The third-order valence-corrected chi connectivity index (χ3v) is 6.86. The van der Waals surface area contributed by atoms with Gasteiger partial charge in [0.25, 0.3) is 5.91 Å². The Balaban J connectivity index is 1.81. The molecule has 3 heterocycles. The Morgan fingerprint density at radius 1 is 1.43 bits per heavy atom. The summed E-state index contributed by atoms with van der Waals surface area (Å²) in [5.74, 6) is -0.204. The second kappa shape index (κ2) is 5.61. The molecule has 6 nitrogen and oxygen atoms in total. The first-order valence-electron chi connectivity index (χ1n) is 6.60. The lowest BCUT2D eigenvalue weighted by molar-refractivity contribution is 0.0761. The van der Waals surface area contributed by atoms with Gasteiger partial charge < -0.3 is 9.88 Å². The molecule has 1 atom stereocenters. The van der Waals surface area contributed by atoms with Crippen molar-refractivity contribution in [3.8, 4) is 0 Å². The number of nitrogens with one attached hydrogen (secondary N) is 1. The van der Waals surface area contributed by atoms with E-state index in [1.807, 2.05) is 17.5 Å². The molecule has 0 spiro atoms. The van der Waals surface area contributed by atoms with Gasteiger partial charge in [-0.2, -0.15) is 0 Å².